The molecule has 2 aromatic carbocycles. The fourth-order valence-corrected chi connectivity index (χ4v) is 3.44. The van der Waals surface area contributed by atoms with Crippen molar-refractivity contribution in [2.45, 2.75) is 6.92 Å². The fraction of sp³-hybridized carbons (Fsp3) is 0.0556. The lowest BCUT2D eigenvalue weighted by Gasteiger charge is -2.16. The molecule has 1 saturated heterocycles. The van der Waals surface area contributed by atoms with Crippen molar-refractivity contribution in [2.75, 3.05) is 0 Å². The van der Waals surface area contributed by atoms with E-state index in [0.717, 1.165) is 22.3 Å². The second-order valence-corrected chi connectivity index (χ2v) is 7.00. The molecule has 0 aliphatic carbocycles. The van der Waals surface area contributed by atoms with Crippen molar-refractivity contribution in [1.82, 2.24) is 10.4 Å². The lowest BCUT2D eigenvalue weighted by atomic mass is 10.1. The van der Waals surface area contributed by atoms with Gasteiger partial charge in [-0.15, -0.1) is 0 Å². The summed E-state index contributed by atoms with van der Waals surface area (Å²) in [6.07, 6.45) is 1.61. The Labute approximate surface area is 153 Å². The van der Waals surface area contributed by atoms with Crippen molar-refractivity contribution in [3.63, 3.8) is 0 Å². The van der Waals surface area contributed by atoms with Crippen LogP contribution in [0.4, 0.5) is 4.39 Å². The van der Waals surface area contributed by atoms with Crippen molar-refractivity contribution in [1.29, 1.82) is 0 Å². The van der Waals surface area contributed by atoms with E-state index in [2.05, 4.69) is 5.43 Å². The Morgan fingerprint density at radius 2 is 1.88 bits per heavy atom. The number of aryl methyl sites for hydroxylation is 1. The van der Waals surface area contributed by atoms with Gasteiger partial charge in [0, 0.05) is 5.56 Å². The maximum atomic E-state index is 13.0. The number of carbonyl (C=O) groups excluding carboxylic acids is 2. The predicted octanol–water partition coefficient (Wildman–Crippen LogP) is 3.68. The van der Waals surface area contributed by atoms with E-state index in [9.17, 15) is 14.0 Å². The Bertz CT molecular complexity index is 894. The first-order valence-corrected chi connectivity index (χ1v) is 8.58. The molecular formula is C18H13FN2O2S2. The molecule has 7 heteroatoms. The maximum absolute atomic E-state index is 13.0. The summed E-state index contributed by atoms with van der Waals surface area (Å²) in [6.45, 7) is 1.81. The van der Waals surface area contributed by atoms with Crippen LogP contribution in [0.5, 0.6) is 0 Å². The summed E-state index contributed by atoms with van der Waals surface area (Å²) in [5, 5.41) is 1.06. The number of nitrogens with zero attached hydrogens (tertiary/aromatic N) is 1. The number of benzene rings is 2. The summed E-state index contributed by atoms with van der Waals surface area (Å²) in [6, 6.07) is 12.8. The Balaban J connectivity index is 1.79. The van der Waals surface area contributed by atoms with E-state index in [4.69, 9.17) is 12.2 Å². The molecular weight excluding hydrogens is 359 g/mol. The first-order valence-electron chi connectivity index (χ1n) is 7.36. The second-order valence-electron chi connectivity index (χ2n) is 5.32. The highest BCUT2D eigenvalue weighted by Crippen LogP contribution is 2.31. The number of halogens is 1. The Hall–Kier alpha value is -2.51. The molecule has 0 atom stereocenters. The number of rotatable bonds is 3. The molecule has 25 heavy (non-hydrogen) atoms. The minimum absolute atomic E-state index is 0.236. The van der Waals surface area contributed by atoms with E-state index >= 15 is 0 Å². The molecule has 1 aliphatic rings. The van der Waals surface area contributed by atoms with Crippen molar-refractivity contribution >= 4 is 46.2 Å². The van der Waals surface area contributed by atoms with Gasteiger partial charge in [0.1, 0.15) is 5.82 Å². The number of thioether (sulfide) groups is 1. The molecule has 1 heterocycles. The molecule has 0 bridgehead atoms. The third-order valence-electron chi connectivity index (χ3n) is 3.56. The lowest BCUT2D eigenvalue weighted by Crippen LogP contribution is -2.45. The number of hydrogen-bond acceptors (Lipinski definition) is 4. The van der Waals surface area contributed by atoms with Crippen LogP contribution in [0.25, 0.3) is 6.08 Å². The van der Waals surface area contributed by atoms with Gasteiger partial charge in [0.15, 0.2) is 4.32 Å². The van der Waals surface area contributed by atoms with Gasteiger partial charge >= 0.3 is 0 Å². The summed E-state index contributed by atoms with van der Waals surface area (Å²) < 4.78 is 13.2. The highest BCUT2D eigenvalue weighted by molar-refractivity contribution is 8.26. The third kappa shape index (κ3) is 3.78. The Kier molecular flexibility index (Phi) is 4.96. The van der Waals surface area contributed by atoms with E-state index < -0.39 is 11.8 Å². The zero-order chi connectivity index (χ0) is 18.0. The van der Waals surface area contributed by atoms with Crippen LogP contribution < -0.4 is 5.43 Å². The fourth-order valence-electron chi connectivity index (χ4n) is 2.26. The lowest BCUT2D eigenvalue weighted by molar-refractivity contribution is -0.123. The number of thiocarbonyl (C=S) groups is 1. The Morgan fingerprint density at radius 3 is 2.56 bits per heavy atom. The first kappa shape index (κ1) is 17.3. The summed E-state index contributed by atoms with van der Waals surface area (Å²) >= 11 is 6.27. The molecule has 2 aromatic rings. The number of amides is 2. The number of nitrogens with one attached hydrogen (secondary N) is 1. The molecule has 1 N–H and O–H groups in total. The summed E-state index contributed by atoms with van der Waals surface area (Å²) in [5.41, 5.74) is 4.49. The van der Waals surface area contributed by atoms with Crippen LogP contribution in [0.15, 0.2) is 53.4 Å². The summed E-state index contributed by atoms with van der Waals surface area (Å²) in [4.78, 5) is 25.2. The van der Waals surface area contributed by atoms with Crippen molar-refractivity contribution in [3.8, 4) is 0 Å². The normalized spacial score (nSPS) is 15.8. The zero-order valence-electron chi connectivity index (χ0n) is 13.2. The van der Waals surface area contributed by atoms with Crippen LogP contribution >= 0.6 is 24.0 Å². The maximum Gasteiger partial charge on any atom is 0.285 e. The minimum atomic E-state index is -0.416. The van der Waals surface area contributed by atoms with Crippen LogP contribution in [0.1, 0.15) is 21.5 Å². The van der Waals surface area contributed by atoms with Crippen molar-refractivity contribution in [3.05, 3.63) is 75.9 Å². The molecule has 0 radical (unpaired) electrons. The molecule has 1 aliphatic heterocycles. The highest BCUT2D eigenvalue weighted by atomic mass is 32.2. The molecule has 126 valence electrons. The number of hydrogen-bond donors (Lipinski definition) is 1. The van der Waals surface area contributed by atoms with Gasteiger partial charge < -0.3 is 0 Å². The van der Waals surface area contributed by atoms with Crippen LogP contribution in [0, 0.1) is 12.7 Å². The largest absolute Gasteiger partial charge is 0.285 e. The summed E-state index contributed by atoms with van der Waals surface area (Å²) in [7, 11) is 0. The Morgan fingerprint density at radius 1 is 1.20 bits per heavy atom. The topological polar surface area (TPSA) is 49.4 Å². The van der Waals surface area contributed by atoms with Gasteiger partial charge in [-0.3, -0.25) is 15.0 Å². The summed E-state index contributed by atoms with van der Waals surface area (Å²) in [5.74, 6) is -1.17. The van der Waals surface area contributed by atoms with Gasteiger partial charge in [-0.25, -0.2) is 4.39 Å². The predicted molar refractivity (Wildman–Crippen MR) is 100 cm³/mol. The minimum Gasteiger partial charge on any atom is -0.267 e. The average molecular weight is 372 g/mol. The van der Waals surface area contributed by atoms with Crippen molar-refractivity contribution < 1.29 is 14.0 Å². The third-order valence-corrected chi connectivity index (χ3v) is 4.87. The van der Waals surface area contributed by atoms with Crippen LogP contribution in [0.2, 0.25) is 0 Å². The van der Waals surface area contributed by atoms with E-state index in [0.29, 0.717) is 16.0 Å². The monoisotopic (exact) mass is 372 g/mol. The number of hydrazine groups is 1. The van der Waals surface area contributed by atoms with Crippen LogP contribution in [0.3, 0.4) is 0 Å². The standard InChI is InChI=1S/C18H13FN2O2S2/c1-11-4-2-3-5-14(11)16(22)20-21-17(23)15(25-18(21)24)10-12-6-8-13(19)9-7-12/h2-10H,1H3,(H,20,22). The molecule has 0 aromatic heterocycles. The second kappa shape index (κ2) is 7.16. The first-order chi connectivity index (χ1) is 12.0. The van der Waals surface area contributed by atoms with Gasteiger partial charge in [0.05, 0.1) is 4.91 Å². The van der Waals surface area contributed by atoms with Crippen LogP contribution in [-0.2, 0) is 4.79 Å². The van der Waals surface area contributed by atoms with E-state index in [-0.39, 0.29) is 10.1 Å². The van der Waals surface area contributed by atoms with Crippen LogP contribution in [-0.4, -0.2) is 21.1 Å². The van der Waals surface area contributed by atoms with Gasteiger partial charge in [0.25, 0.3) is 11.8 Å². The smallest absolute Gasteiger partial charge is 0.267 e. The zero-order valence-corrected chi connectivity index (χ0v) is 14.8. The highest BCUT2D eigenvalue weighted by Gasteiger charge is 2.33. The molecule has 3 rings (SSSR count). The molecule has 2 amide bonds. The van der Waals surface area contributed by atoms with E-state index in [1.807, 2.05) is 19.1 Å². The molecule has 0 unspecified atom stereocenters. The SMILES string of the molecule is Cc1ccccc1C(=O)NN1C(=O)C(=Cc2ccc(F)cc2)SC1=S. The van der Waals surface area contributed by atoms with Gasteiger partial charge in [0.2, 0.25) is 0 Å². The van der Waals surface area contributed by atoms with E-state index in [1.165, 1.54) is 12.1 Å². The van der Waals surface area contributed by atoms with Gasteiger partial charge in [-0.1, -0.05) is 42.1 Å². The van der Waals surface area contributed by atoms with Crippen molar-refractivity contribution in [2.24, 2.45) is 0 Å². The molecule has 4 nitrogen and oxygen atoms in total. The molecule has 1 fully saturated rings. The van der Waals surface area contributed by atoms with Gasteiger partial charge in [-0.05, 0) is 54.5 Å². The van der Waals surface area contributed by atoms with E-state index in [1.54, 1.807) is 30.3 Å². The molecule has 0 saturated carbocycles. The quantitative estimate of drug-likeness (QED) is 0.660. The number of carbonyl (C=O) groups is 2. The molecule has 0 spiro atoms. The van der Waals surface area contributed by atoms with Gasteiger partial charge in [-0.2, -0.15) is 5.01 Å². The average Bonchev–Trinajstić information content (AvgIpc) is 2.85.